The van der Waals surface area contributed by atoms with E-state index in [1.54, 1.807) is 0 Å². The van der Waals surface area contributed by atoms with Crippen molar-refractivity contribution in [2.75, 3.05) is 5.75 Å². The third-order valence-electron chi connectivity index (χ3n) is 1.89. The lowest BCUT2D eigenvalue weighted by atomic mass is 10.3. The van der Waals surface area contributed by atoms with Crippen molar-refractivity contribution in [3.05, 3.63) is 51.7 Å². The summed E-state index contributed by atoms with van der Waals surface area (Å²) in [5.74, 6) is 0.917. The van der Waals surface area contributed by atoms with Gasteiger partial charge in [-0.05, 0) is 35.6 Å². The molecule has 0 fully saturated rings. The van der Waals surface area contributed by atoms with Crippen molar-refractivity contribution in [2.24, 2.45) is 0 Å². The molecule has 2 aromatic heterocycles. The van der Waals surface area contributed by atoms with Crippen LogP contribution >= 0.6 is 34.4 Å². The smallest absolute Gasteiger partial charge is 0.0733 e. The molecule has 1 radical (unpaired) electrons. The zero-order chi connectivity index (χ0) is 9.80. The lowest BCUT2D eigenvalue weighted by molar-refractivity contribution is 1.26. The third kappa shape index (κ3) is 2.22. The van der Waals surface area contributed by atoms with Gasteiger partial charge in [-0.15, -0.1) is 34.4 Å². The van der Waals surface area contributed by atoms with Crippen molar-refractivity contribution < 1.29 is 0 Å². The molecule has 0 saturated carbocycles. The summed E-state index contributed by atoms with van der Waals surface area (Å²) >= 11 is 5.56. The van der Waals surface area contributed by atoms with Crippen LogP contribution in [0.5, 0.6) is 0 Å². The minimum Gasteiger partial charge on any atom is -0.147 e. The van der Waals surface area contributed by atoms with Gasteiger partial charge in [-0.1, -0.05) is 12.1 Å². The van der Waals surface area contributed by atoms with Gasteiger partial charge < -0.3 is 0 Å². The van der Waals surface area contributed by atoms with Crippen molar-refractivity contribution in [2.45, 2.75) is 5.25 Å². The van der Waals surface area contributed by atoms with Crippen LogP contribution in [0.25, 0.3) is 0 Å². The first-order valence-electron chi connectivity index (χ1n) is 4.39. The van der Waals surface area contributed by atoms with Gasteiger partial charge in [-0.3, -0.25) is 0 Å². The first kappa shape index (κ1) is 10.3. The van der Waals surface area contributed by atoms with E-state index < -0.39 is 0 Å². The maximum Gasteiger partial charge on any atom is 0.0733 e. The topological polar surface area (TPSA) is 0 Å². The molecular formula is C11H11S3. The molecule has 0 nitrogen and oxygen atoms in total. The molecule has 0 bridgehead atoms. The first-order valence-corrected chi connectivity index (χ1v) is 7.20. The molecule has 2 rings (SSSR count). The van der Waals surface area contributed by atoms with E-state index in [0.29, 0.717) is 5.25 Å². The van der Waals surface area contributed by atoms with E-state index in [1.807, 2.05) is 34.4 Å². The molecule has 0 atom stereocenters. The van der Waals surface area contributed by atoms with Crippen LogP contribution in [0.1, 0.15) is 15.0 Å². The van der Waals surface area contributed by atoms with Crippen LogP contribution in [0.4, 0.5) is 0 Å². The van der Waals surface area contributed by atoms with Crippen molar-refractivity contribution in [1.82, 2.24) is 0 Å². The number of thioether (sulfide) groups is 1. The molecule has 2 aromatic rings. The molecular weight excluding hydrogens is 228 g/mol. The Morgan fingerprint density at radius 1 is 1.14 bits per heavy atom. The number of hydrogen-bond acceptors (Lipinski definition) is 3. The second kappa shape index (κ2) is 5.01. The largest absolute Gasteiger partial charge is 0.147 e. The highest BCUT2D eigenvalue weighted by Gasteiger charge is 2.15. The van der Waals surface area contributed by atoms with E-state index in [0.717, 1.165) is 5.75 Å². The maximum atomic E-state index is 3.92. The normalized spacial score (nSPS) is 11.0. The van der Waals surface area contributed by atoms with Gasteiger partial charge in [0.25, 0.3) is 0 Å². The van der Waals surface area contributed by atoms with Gasteiger partial charge in [0.15, 0.2) is 0 Å². The van der Waals surface area contributed by atoms with Crippen LogP contribution in [0, 0.1) is 6.92 Å². The quantitative estimate of drug-likeness (QED) is 0.758. The van der Waals surface area contributed by atoms with E-state index >= 15 is 0 Å². The summed E-state index contributed by atoms with van der Waals surface area (Å²) in [5.41, 5.74) is 0. The Bertz CT molecular complexity index is 314. The second-order valence-corrected chi connectivity index (χ2v) is 5.95. The van der Waals surface area contributed by atoms with Crippen LogP contribution in [-0.4, -0.2) is 5.75 Å². The Morgan fingerprint density at radius 2 is 1.71 bits per heavy atom. The monoisotopic (exact) mass is 239 g/mol. The van der Waals surface area contributed by atoms with E-state index in [-0.39, 0.29) is 0 Å². The molecule has 0 aliphatic heterocycles. The lowest BCUT2D eigenvalue weighted by Crippen LogP contribution is -1.90. The molecule has 2 heterocycles. The molecule has 0 aliphatic carbocycles. The van der Waals surface area contributed by atoms with Gasteiger partial charge in [0, 0.05) is 9.75 Å². The second-order valence-electron chi connectivity index (χ2n) is 2.78. The minimum absolute atomic E-state index is 0.493. The first-order chi connectivity index (χ1) is 6.92. The molecule has 0 N–H and O–H groups in total. The summed E-state index contributed by atoms with van der Waals surface area (Å²) in [7, 11) is 0. The van der Waals surface area contributed by atoms with Gasteiger partial charge >= 0.3 is 0 Å². The maximum absolute atomic E-state index is 3.92. The van der Waals surface area contributed by atoms with Gasteiger partial charge in [-0.2, -0.15) is 0 Å². The SMILES string of the molecule is [CH2]CSC(c1cccs1)c1cccs1. The molecule has 0 unspecified atom stereocenters. The van der Waals surface area contributed by atoms with E-state index in [1.165, 1.54) is 9.75 Å². The summed E-state index contributed by atoms with van der Waals surface area (Å²) in [4.78, 5) is 2.86. The standard InChI is InChI=1S/C11H11S3/c1-2-12-11(9-5-3-7-13-9)10-6-4-8-14-10/h3-8,11H,1-2H2. The minimum atomic E-state index is 0.493. The zero-order valence-electron chi connectivity index (χ0n) is 7.68. The summed E-state index contributed by atoms with van der Waals surface area (Å²) in [5, 5.41) is 4.77. The number of rotatable bonds is 4. The van der Waals surface area contributed by atoms with Gasteiger partial charge in [0.05, 0.1) is 5.25 Å². The summed E-state index contributed by atoms with van der Waals surface area (Å²) < 4.78 is 0. The Morgan fingerprint density at radius 3 is 2.07 bits per heavy atom. The fourth-order valence-corrected chi connectivity index (χ4v) is 4.28. The Kier molecular flexibility index (Phi) is 3.67. The van der Waals surface area contributed by atoms with Crippen molar-refractivity contribution in [3.63, 3.8) is 0 Å². The Balaban J connectivity index is 2.25. The molecule has 0 spiro atoms. The average molecular weight is 239 g/mol. The van der Waals surface area contributed by atoms with Gasteiger partial charge in [0.2, 0.25) is 0 Å². The highest BCUT2D eigenvalue weighted by atomic mass is 32.2. The molecule has 0 aliphatic rings. The highest BCUT2D eigenvalue weighted by molar-refractivity contribution is 8.00. The average Bonchev–Trinajstić information content (AvgIpc) is 2.87. The van der Waals surface area contributed by atoms with Crippen LogP contribution < -0.4 is 0 Å². The molecule has 14 heavy (non-hydrogen) atoms. The molecule has 3 heteroatoms. The summed E-state index contributed by atoms with van der Waals surface area (Å²) in [6.07, 6.45) is 0. The summed E-state index contributed by atoms with van der Waals surface area (Å²) in [6.45, 7) is 3.92. The van der Waals surface area contributed by atoms with Crippen LogP contribution in [0.15, 0.2) is 35.0 Å². The Hall–Kier alpha value is -0.250. The number of hydrogen-bond donors (Lipinski definition) is 0. The van der Waals surface area contributed by atoms with Crippen molar-refractivity contribution in [3.8, 4) is 0 Å². The number of thiophene rings is 2. The van der Waals surface area contributed by atoms with Crippen LogP contribution in [0.2, 0.25) is 0 Å². The fourth-order valence-electron chi connectivity index (χ4n) is 1.30. The molecule has 0 saturated heterocycles. The van der Waals surface area contributed by atoms with Gasteiger partial charge in [0.1, 0.15) is 0 Å². The van der Waals surface area contributed by atoms with Crippen molar-refractivity contribution >= 4 is 34.4 Å². The molecule has 0 amide bonds. The van der Waals surface area contributed by atoms with Gasteiger partial charge in [-0.25, -0.2) is 0 Å². The lowest BCUT2D eigenvalue weighted by Gasteiger charge is -2.11. The predicted octanol–water partition coefficient (Wildman–Crippen LogP) is 4.47. The molecule has 73 valence electrons. The predicted molar refractivity (Wildman–Crippen MR) is 68.3 cm³/mol. The van der Waals surface area contributed by atoms with Crippen LogP contribution in [-0.2, 0) is 0 Å². The molecule has 0 aromatic carbocycles. The van der Waals surface area contributed by atoms with E-state index in [9.17, 15) is 0 Å². The highest BCUT2D eigenvalue weighted by Crippen LogP contribution is 2.39. The van der Waals surface area contributed by atoms with Crippen molar-refractivity contribution in [1.29, 1.82) is 0 Å². The summed E-state index contributed by atoms with van der Waals surface area (Å²) in [6, 6.07) is 8.64. The zero-order valence-corrected chi connectivity index (χ0v) is 10.1. The van der Waals surface area contributed by atoms with E-state index in [4.69, 9.17) is 0 Å². The third-order valence-corrected chi connectivity index (χ3v) is 5.14. The Labute approximate surface area is 97.0 Å². The fraction of sp³-hybridized carbons (Fsp3) is 0.182. The van der Waals surface area contributed by atoms with E-state index in [2.05, 4.69) is 41.9 Å². The van der Waals surface area contributed by atoms with Crippen LogP contribution in [0.3, 0.4) is 0 Å².